The second-order valence-electron chi connectivity index (χ2n) is 2.99. The largest absolute Gasteiger partial charge is 0.673 e. The molecule has 0 saturated carbocycles. The van der Waals surface area contributed by atoms with Gasteiger partial charge in [-0.3, -0.25) is 0 Å². The molecule has 1 heterocycles. The lowest BCUT2D eigenvalue weighted by molar-refractivity contribution is -0.567. The van der Waals surface area contributed by atoms with E-state index in [1.54, 1.807) is 6.20 Å². The van der Waals surface area contributed by atoms with Crippen LogP contribution in [0.2, 0.25) is 0 Å². The molecule has 0 aliphatic heterocycles. The summed E-state index contributed by atoms with van der Waals surface area (Å²) in [5.41, 5.74) is 0. The highest BCUT2D eigenvalue weighted by atomic mass is 19.5. The van der Waals surface area contributed by atoms with Crippen LogP contribution >= 0.6 is 0 Å². The molecule has 1 aromatic heterocycles. The zero-order valence-electron chi connectivity index (χ0n) is 10.9. The van der Waals surface area contributed by atoms with Crippen molar-refractivity contribution in [2.45, 2.75) is 0 Å². The first kappa shape index (κ1) is 26.2. The van der Waals surface area contributed by atoms with Crippen LogP contribution in [0.25, 0.3) is 6.20 Å². The predicted molar refractivity (Wildman–Crippen MR) is 63.6 cm³/mol. The van der Waals surface area contributed by atoms with Crippen LogP contribution in [0, 0.1) is 0 Å². The topological polar surface area (TPSA) is 3.88 Å². The van der Waals surface area contributed by atoms with E-state index in [1.165, 1.54) is 0 Å². The minimum atomic E-state index is -6.00. The Labute approximate surface area is 122 Å². The van der Waals surface area contributed by atoms with Crippen molar-refractivity contribution in [3.05, 3.63) is 37.2 Å². The normalized spacial score (nSPS) is 10.8. The Hall–Kier alpha value is -1.76. The third-order valence-corrected chi connectivity index (χ3v) is 0.949. The summed E-state index contributed by atoms with van der Waals surface area (Å²) in [5, 5.41) is 0. The monoisotopic (exact) mass is 367 g/mol. The number of halogens is 12. The van der Waals surface area contributed by atoms with Gasteiger partial charge < -0.3 is 51.8 Å². The average molecular weight is 367 g/mol. The number of nitrogens with zero attached hydrogens (tertiary/aromatic N) is 1. The molecule has 0 radical (unpaired) electrons. The van der Waals surface area contributed by atoms with Gasteiger partial charge >= 0.3 is 21.8 Å². The van der Waals surface area contributed by atoms with E-state index in [4.69, 9.17) is 0 Å². The fraction of sp³-hybridized carbons (Fsp3) is 0. The number of rotatable bonds is 1. The van der Waals surface area contributed by atoms with Gasteiger partial charge in [-0.25, -0.2) is 0 Å². The van der Waals surface area contributed by atoms with Gasteiger partial charge in [0.1, 0.15) is 0 Å². The highest BCUT2D eigenvalue weighted by Crippen LogP contribution is 2.07. The van der Waals surface area contributed by atoms with Crippen molar-refractivity contribution in [3.8, 4) is 0 Å². The van der Waals surface area contributed by atoms with E-state index in [-0.39, 0.29) is 0 Å². The van der Waals surface area contributed by atoms with Gasteiger partial charge in [-0.05, 0) is 6.58 Å². The van der Waals surface area contributed by atoms with E-state index in [1.807, 2.05) is 35.2 Å². The molecule has 0 spiro atoms. The fourth-order valence-electron chi connectivity index (χ4n) is 0.534. The van der Waals surface area contributed by atoms with E-state index in [0.29, 0.717) is 0 Å². The molecule has 136 valence electrons. The van der Waals surface area contributed by atoms with Crippen LogP contribution in [-0.2, 0) is 0 Å². The number of hydrogen-bond donors (Lipinski definition) is 0. The lowest BCUT2D eigenvalue weighted by Gasteiger charge is -1.94. The average Bonchev–Trinajstić information content (AvgIpc) is 2.23. The molecule has 1 rings (SSSR count). The van der Waals surface area contributed by atoms with Crippen molar-refractivity contribution in [1.82, 2.24) is 0 Å². The highest BCUT2D eigenvalue weighted by molar-refractivity contribution is 6.50. The van der Waals surface area contributed by atoms with Gasteiger partial charge in [0.2, 0.25) is 0 Å². The molecule has 0 aliphatic carbocycles. The molecule has 0 N–H and O–H groups in total. The molecule has 0 unspecified atom stereocenters. The summed E-state index contributed by atoms with van der Waals surface area (Å²) in [5.74, 6) is 0. The van der Waals surface area contributed by atoms with Crippen LogP contribution < -0.4 is 4.57 Å². The Kier molecular flexibility index (Phi) is 13.4. The van der Waals surface area contributed by atoms with Crippen LogP contribution in [0.15, 0.2) is 37.2 Å². The second kappa shape index (κ2) is 11.8. The summed E-state index contributed by atoms with van der Waals surface area (Å²) in [6, 6.07) is 5.89. The summed E-state index contributed by atoms with van der Waals surface area (Å²) >= 11 is 0. The molecule has 0 atom stereocenters. The Morgan fingerprint density at radius 3 is 0.913 bits per heavy atom. The third-order valence-electron chi connectivity index (χ3n) is 0.949. The fourth-order valence-corrected chi connectivity index (χ4v) is 0.534. The first-order chi connectivity index (χ1) is 9.93. The lowest BCUT2D eigenvalue weighted by atomic mass is 10.3. The summed E-state index contributed by atoms with van der Waals surface area (Å²) in [6.07, 6.45) is 5.62. The van der Waals surface area contributed by atoms with E-state index >= 15 is 0 Å². The third kappa shape index (κ3) is 99.1. The Morgan fingerprint density at radius 1 is 0.565 bits per heavy atom. The van der Waals surface area contributed by atoms with Gasteiger partial charge in [-0.2, -0.15) is 4.57 Å². The first-order valence-corrected chi connectivity index (χ1v) is 5.13. The summed E-state index contributed by atoms with van der Waals surface area (Å²) < 4.78 is 119. The maximum absolute atomic E-state index is 9.75. The molecule has 0 bridgehead atoms. The highest BCUT2D eigenvalue weighted by Gasteiger charge is 2.21. The maximum Gasteiger partial charge on any atom is 0.673 e. The zero-order valence-corrected chi connectivity index (χ0v) is 10.9. The van der Waals surface area contributed by atoms with E-state index < -0.39 is 21.8 Å². The van der Waals surface area contributed by atoms with Gasteiger partial charge in [-0.15, -0.1) is 0 Å². The summed E-state index contributed by atoms with van der Waals surface area (Å²) in [4.78, 5) is 0. The Balaban J connectivity index is -0.000000240. The molecule has 0 amide bonds. The van der Waals surface area contributed by atoms with Crippen LogP contribution in [0.3, 0.4) is 0 Å². The van der Waals surface area contributed by atoms with Gasteiger partial charge in [0.15, 0.2) is 18.6 Å². The van der Waals surface area contributed by atoms with Crippen molar-refractivity contribution < 1.29 is 56.4 Å². The van der Waals surface area contributed by atoms with Crippen molar-refractivity contribution in [2.24, 2.45) is 0 Å². The minimum Gasteiger partial charge on any atom is -0.418 e. The molecular weight excluding hydrogens is 358 g/mol. The smallest absolute Gasteiger partial charge is 0.418 e. The van der Waals surface area contributed by atoms with Crippen molar-refractivity contribution in [3.63, 3.8) is 0 Å². The van der Waals surface area contributed by atoms with Crippen LogP contribution in [0.5, 0.6) is 0 Å². The molecule has 0 saturated heterocycles. The van der Waals surface area contributed by atoms with Crippen LogP contribution in [0.1, 0.15) is 0 Å². The van der Waals surface area contributed by atoms with Crippen molar-refractivity contribution in [2.75, 3.05) is 0 Å². The van der Waals surface area contributed by atoms with Gasteiger partial charge in [-0.1, -0.05) is 6.07 Å². The van der Waals surface area contributed by atoms with Gasteiger partial charge in [0, 0.05) is 12.1 Å². The number of pyridine rings is 1. The number of aromatic nitrogens is 1. The van der Waals surface area contributed by atoms with Crippen LogP contribution in [-0.4, -0.2) is 21.8 Å². The van der Waals surface area contributed by atoms with Crippen molar-refractivity contribution >= 4 is 28.0 Å². The quantitative estimate of drug-likeness (QED) is 0.375. The van der Waals surface area contributed by atoms with E-state index in [0.717, 1.165) is 0 Å². The molecular formula is C7H8B3F12N-2. The van der Waals surface area contributed by atoms with Crippen molar-refractivity contribution in [1.29, 1.82) is 0 Å². The lowest BCUT2D eigenvalue weighted by Crippen LogP contribution is -2.22. The number of hydrogen-bond acceptors (Lipinski definition) is 0. The standard InChI is InChI=1S/C7H8N.3BF4/c1-2-8-6-4-3-5-7-8;3*2-1(3,4)5/h2-7H,1H2;;;/q+1;3*-1. The van der Waals surface area contributed by atoms with E-state index in [2.05, 4.69) is 6.58 Å². The molecule has 1 nitrogen and oxygen atoms in total. The molecule has 16 heteroatoms. The Morgan fingerprint density at radius 2 is 0.783 bits per heavy atom. The van der Waals surface area contributed by atoms with Gasteiger partial charge in [0.25, 0.3) is 0 Å². The van der Waals surface area contributed by atoms with Gasteiger partial charge in [0.05, 0.1) is 0 Å². The summed E-state index contributed by atoms with van der Waals surface area (Å²) in [7, 11) is -18.0. The molecule has 0 fully saturated rings. The van der Waals surface area contributed by atoms with E-state index in [9.17, 15) is 51.8 Å². The first-order valence-electron chi connectivity index (χ1n) is 5.13. The molecule has 0 aliphatic rings. The van der Waals surface area contributed by atoms with Crippen LogP contribution in [0.4, 0.5) is 51.8 Å². The SMILES string of the molecule is C=C[n+]1ccccc1.F[B-](F)(F)F.F[B-](F)(F)F.F[B-](F)(F)F. The Bertz CT molecular complexity index is 353. The second-order valence-corrected chi connectivity index (χ2v) is 2.99. The minimum absolute atomic E-state index is 1.75. The molecule has 23 heavy (non-hydrogen) atoms. The molecule has 0 aromatic carbocycles. The molecule has 1 aromatic rings. The zero-order chi connectivity index (χ0) is 19.3. The summed E-state index contributed by atoms with van der Waals surface area (Å²) in [6.45, 7) is 3.59. The predicted octanol–water partition coefficient (Wildman–Crippen LogP) is 4.97. The maximum atomic E-state index is 9.75.